The molecule has 1 heterocycles. The average molecular weight is 317 g/mol. The molecule has 1 aliphatic rings. The first kappa shape index (κ1) is 12.7. The molecule has 0 amide bonds. The fraction of sp³-hybridized carbons (Fsp3) is 0.294. The van der Waals surface area contributed by atoms with Gasteiger partial charge in [0.1, 0.15) is 5.75 Å². The van der Waals surface area contributed by atoms with Crippen molar-refractivity contribution >= 4 is 15.9 Å². The summed E-state index contributed by atoms with van der Waals surface area (Å²) >= 11 is 3.63. The summed E-state index contributed by atoms with van der Waals surface area (Å²) in [6.07, 6.45) is 0.915. The second-order valence-corrected chi connectivity index (χ2v) is 6.69. The Morgan fingerprint density at radius 3 is 2.63 bits per heavy atom. The molecular weight excluding hydrogens is 300 g/mol. The van der Waals surface area contributed by atoms with Crippen molar-refractivity contribution in [1.82, 2.24) is 0 Å². The van der Waals surface area contributed by atoms with E-state index in [2.05, 4.69) is 72.2 Å². The van der Waals surface area contributed by atoms with Crippen LogP contribution in [0.2, 0.25) is 0 Å². The van der Waals surface area contributed by atoms with Gasteiger partial charge in [0.25, 0.3) is 0 Å². The van der Waals surface area contributed by atoms with Crippen molar-refractivity contribution in [2.75, 3.05) is 6.61 Å². The standard InChI is InChI=1S/C17H17BrO/c1-17(2)11-19-16-13(9-14(18)10-15(16)17)8-12-6-4-3-5-7-12/h3-7,9-10H,8,11H2,1-2H3. The molecular formula is C17H17BrO. The molecule has 3 rings (SSSR count). The first-order chi connectivity index (χ1) is 9.06. The third-order valence-corrected chi connectivity index (χ3v) is 4.13. The van der Waals surface area contributed by atoms with E-state index in [0.29, 0.717) is 0 Å². The molecule has 0 aromatic heterocycles. The fourth-order valence-electron chi connectivity index (χ4n) is 2.60. The van der Waals surface area contributed by atoms with Crippen LogP contribution in [0.25, 0.3) is 0 Å². The Hall–Kier alpha value is -1.28. The second kappa shape index (κ2) is 4.68. The van der Waals surface area contributed by atoms with E-state index in [1.54, 1.807) is 0 Å². The highest BCUT2D eigenvalue weighted by Crippen LogP contribution is 2.43. The first-order valence-corrected chi connectivity index (χ1v) is 7.35. The molecule has 1 nitrogen and oxygen atoms in total. The van der Waals surface area contributed by atoms with Crippen molar-refractivity contribution in [2.24, 2.45) is 0 Å². The molecule has 0 saturated carbocycles. The van der Waals surface area contributed by atoms with Crippen LogP contribution in [-0.2, 0) is 11.8 Å². The van der Waals surface area contributed by atoms with Gasteiger partial charge in [-0.25, -0.2) is 0 Å². The van der Waals surface area contributed by atoms with Crippen molar-refractivity contribution in [2.45, 2.75) is 25.7 Å². The van der Waals surface area contributed by atoms with Crippen LogP contribution < -0.4 is 4.74 Å². The lowest BCUT2D eigenvalue weighted by Gasteiger charge is -2.16. The molecule has 0 N–H and O–H groups in total. The van der Waals surface area contributed by atoms with Crippen molar-refractivity contribution in [3.05, 3.63) is 63.6 Å². The maximum atomic E-state index is 5.95. The Balaban J connectivity index is 2.04. The monoisotopic (exact) mass is 316 g/mol. The van der Waals surface area contributed by atoms with E-state index in [0.717, 1.165) is 23.2 Å². The van der Waals surface area contributed by atoms with Gasteiger partial charge in [0, 0.05) is 21.9 Å². The van der Waals surface area contributed by atoms with Crippen molar-refractivity contribution in [1.29, 1.82) is 0 Å². The number of ether oxygens (including phenoxy) is 1. The maximum absolute atomic E-state index is 5.95. The van der Waals surface area contributed by atoms with Crippen LogP contribution in [0.5, 0.6) is 5.75 Å². The van der Waals surface area contributed by atoms with Gasteiger partial charge >= 0.3 is 0 Å². The molecule has 0 atom stereocenters. The highest BCUT2D eigenvalue weighted by molar-refractivity contribution is 9.10. The van der Waals surface area contributed by atoms with Gasteiger partial charge in [-0.2, -0.15) is 0 Å². The quantitative estimate of drug-likeness (QED) is 0.779. The predicted octanol–water partition coefficient (Wildman–Crippen LogP) is 4.71. The van der Waals surface area contributed by atoms with Crippen LogP contribution in [-0.4, -0.2) is 6.61 Å². The van der Waals surface area contributed by atoms with Gasteiger partial charge < -0.3 is 4.74 Å². The molecule has 0 unspecified atom stereocenters. The minimum absolute atomic E-state index is 0.102. The SMILES string of the molecule is CC1(C)COc2c(Cc3ccccc3)cc(Br)cc21. The van der Waals surface area contributed by atoms with Crippen LogP contribution >= 0.6 is 15.9 Å². The van der Waals surface area contributed by atoms with Crippen LogP contribution in [0.1, 0.15) is 30.5 Å². The zero-order valence-electron chi connectivity index (χ0n) is 11.2. The number of hydrogen-bond donors (Lipinski definition) is 0. The molecule has 0 saturated heterocycles. The summed E-state index contributed by atoms with van der Waals surface area (Å²) in [6, 6.07) is 14.9. The molecule has 0 aliphatic carbocycles. The lowest BCUT2D eigenvalue weighted by atomic mass is 9.85. The summed E-state index contributed by atoms with van der Waals surface area (Å²) in [6.45, 7) is 5.23. The number of fused-ring (bicyclic) bond motifs is 1. The zero-order chi connectivity index (χ0) is 13.5. The fourth-order valence-corrected chi connectivity index (χ4v) is 3.11. The number of benzene rings is 2. The minimum atomic E-state index is 0.102. The summed E-state index contributed by atoms with van der Waals surface area (Å²) in [5, 5.41) is 0. The highest BCUT2D eigenvalue weighted by atomic mass is 79.9. The van der Waals surface area contributed by atoms with Gasteiger partial charge in [-0.3, -0.25) is 0 Å². The minimum Gasteiger partial charge on any atom is -0.492 e. The highest BCUT2D eigenvalue weighted by Gasteiger charge is 2.33. The molecule has 2 aromatic rings. The zero-order valence-corrected chi connectivity index (χ0v) is 12.8. The molecule has 2 heteroatoms. The maximum Gasteiger partial charge on any atom is 0.126 e. The predicted molar refractivity (Wildman–Crippen MR) is 81.9 cm³/mol. The molecule has 0 radical (unpaired) electrons. The summed E-state index contributed by atoms with van der Waals surface area (Å²) < 4.78 is 7.09. The molecule has 0 bridgehead atoms. The van der Waals surface area contributed by atoms with Crippen LogP contribution in [0, 0.1) is 0 Å². The molecule has 98 valence electrons. The number of hydrogen-bond acceptors (Lipinski definition) is 1. The van der Waals surface area contributed by atoms with Crippen LogP contribution in [0.3, 0.4) is 0 Å². The van der Waals surface area contributed by atoms with E-state index >= 15 is 0 Å². The summed E-state index contributed by atoms with van der Waals surface area (Å²) in [5.74, 6) is 1.08. The number of rotatable bonds is 2. The second-order valence-electron chi connectivity index (χ2n) is 5.78. The van der Waals surface area contributed by atoms with Gasteiger partial charge in [0.2, 0.25) is 0 Å². The summed E-state index contributed by atoms with van der Waals surface area (Å²) in [7, 11) is 0. The van der Waals surface area contributed by atoms with E-state index in [-0.39, 0.29) is 5.41 Å². The largest absolute Gasteiger partial charge is 0.492 e. The third kappa shape index (κ3) is 2.42. The Labute approximate surface area is 122 Å². The van der Waals surface area contributed by atoms with E-state index in [1.807, 2.05) is 0 Å². The third-order valence-electron chi connectivity index (χ3n) is 3.67. The molecule has 1 aliphatic heterocycles. The van der Waals surface area contributed by atoms with Crippen molar-refractivity contribution in [3.63, 3.8) is 0 Å². The lowest BCUT2D eigenvalue weighted by Crippen LogP contribution is -2.18. The summed E-state index contributed by atoms with van der Waals surface area (Å²) in [4.78, 5) is 0. The number of halogens is 1. The smallest absolute Gasteiger partial charge is 0.126 e. The van der Waals surface area contributed by atoms with E-state index in [4.69, 9.17) is 4.74 Å². The van der Waals surface area contributed by atoms with Crippen molar-refractivity contribution in [3.8, 4) is 5.75 Å². The molecule has 19 heavy (non-hydrogen) atoms. The molecule has 0 fully saturated rings. The molecule has 0 spiro atoms. The van der Waals surface area contributed by atoms with Crippen LogP contribution in [0.15, 0.2) is 46.9 Å². The van der Waals surface area contributed by atoms with Crippen LogP contribution in [0.4, 0.5) is 0 Å². The topological polar surface area (TPSA) is 9.23 Å². The Kier molecular flexibility index (Phi) is 3.14. The van der Waals surface area contributed by atoms with Crippen molar-refractivity contribution < 1.29 is 4.74 Å². The normalized spacial score (nSPS) is 15.9. The van der Waals surface area contributed by atoms with E-state index in [1.165, 1.54) is 16.7 Å². The Morgan fingerprint density at radius 1 is 1.16 bits per heavy atom. The molecule has 2 aromatic carbocycles. The van der Waals surface area contributed by atoms with E-state index < -0.39 is 0 Å². The van der Waals surface area contributed by atoms with Gasteiger partial charge in [-0.15, -0.1) is 0 Å². The van der Waals surface area contributed by atoms with Gasteiger partial charge in [-0.1, -0.05) is 60.1 Å². The van der Waals surface area contributed by atoms with Gasteiger partial charge in [0.05, 0.1) is 6.61 Å². The van der Waals surface area contributed by atoms with Gasteiger partial charge in [0.15, 0.2) is 0 Å². The van der Waals surface area contributed by atoms with Gasteiger partial charge in [-0.05, 0) is 23.3 Å². The summed E-state index contributed by atoms with van der Waals surface area (Å²) in [5.41, 5.74) is 4.00. The Bertz CT molecular complexity index is 602. The Morgan fingerprint density at radius 2 is 1.89 bits per heavy atom. The average Bonchev–Trinajstić information content (AvgIpc) is 2.67. The first-order valence-electron chi connectivity index (χ1n) is 6.56. The van der Waals surface area contributed by atoms with E-state index in [9.17, 15) is 0 Å². The lowest BCUT2D eigenvalue weighted by molar-refractivity contribution is 0.289.